The number of carbonyl (C=O) groups excluding carboxylic acids is 2. The molecule has 0 aliphatic rings. The van der Waals surface area contributed by atoms with E-state index in [2.05, 4.69) is 31.0 Å². The predicted octanol–water partition coefficient (Wildman–Crippen LogP) is 3.98. The van der Waals surface area contributed by atoms with Crippen LogP contribution in [0.15, 0.2) is 22.9 Å². The fourth-order valence-corrected chi connectivity index (χ4v) is 3.86. The Hall–Kier alpha value is -3.02. The van der Waals surface area contributed by atoms with E-state index in [4.69, 9.17) is 27.7 Å². The van der Waals surface area contributed by atoms with Gasteiger partial charge in [0.1, 0.15) is 34.2 Å². The molecule has 0 aliphatic heterocycles. The average molecular weight is 527 g/mol. The Morgan fingerprint density at radius 2 is 2.00 bits per heavy atom. The number of alkyl halides is 2. The van der Waals surface area contributed by atoms with Crippen LogP contribution in [0.4, 0.5) is 10.2 Å². The van der Waals surface area contributed by atoms with Crippen molar-refractivity contribution in [1.29, 1.82) is 0 Å². The summed E-state index contributed by atoms with van der Waals surface area (Å²) in [6, 6.07) is 1.92. The molecule has 3 aromatic rings. The van der Waals surface area contributed by atoms with Gasteiger partial charge in [0.15, 0.2) is 0 Å². The maximum Gasteiger partial charge on any atom is 0.257 e. The molecule has 188 valence electrons. The first-order valence-corrected chi connectivity index (χ1v) is 11.7. The number of carbonyl (C=O) groups is 2. The lowest BCUT2D eigenvalue weighted by molar-refractivity contribution is -0.118. The molecule has 4 N–H and O–H groups in total. The minimum atomic E-state index is -1.05. The maximum absolute atomic E-state index is 14.8. The van der Waals surface area contributed by atoms with E-state index in [9.17, 15) is 19.1 Å². The van der Waals surface area contributed by atoms with E-state index in [0.717, 1.165) is 6.26 Å². The van der Waals surface area contributed by atoms with E-state index in [1.165, 1.54) is 19.1 Å². The standard InChI is InChI=1S/C22H25Cl2FN6O4/c1-10-18(11(2)30-29-10)13-7-8-17(27-20(13)25)28-22(34)15(5-4-6-16(23)24)26-21(33)14-9-35-31-19(14)12(3)32/h7-9,12,15-16,32H,4-6H2,1-3H3,(H,26,33)(H,29,30)(H,27,28,34)/t12-,15+/m1/s1. The second-order valence-corrected chi connectivity index (χ2v) is 9.25. The number of aromatic nitrogens is 4. The SMILES string of the molecule is Cc1n[nH]c(C)c1-c1ccc(NC(=O)[C@H](CCCC(Cl)Cl)NC(=O)c2conc2[C@@H](C)O)nc1F. The summed E-state index contributed by atoms with van der Waals surface area (Å²) < 4.78 is 19.6. The molecule has 0 fully saturated rings. The molecule has 2 amide bonds. The lowest BCUT2D eigenvalue weighted by atomic mass is 10.1. The zero-order valence-electron chi connectivity index (χ0n) is 19.2. The fourth-order valence-electron chi connectivity index (χ4n) is 3.55. The molecule has 0 aliphatic carbocycles. The van der Waals surface area contributed by atoms with E-state index in [0.29, 0.717) is 29.8 Å². The smallest absolute Gasteiger partial charge is 0.257 e. The van der Waals surface area contributed by atoms with Crippen molar-refractivity contribution in [3.63, 3.8) is 0 Å². The Bertz CT molecular complexity index is 1180. The number of aliphatic hydroxyl groups is 1. The minimum absolute atomic E-state index is 0.00950. The van der Waals surface area contributed by atoms with Crippen molar-refractivity contribution in [3.8, 4) is 11.1 Å². The molecule has 0 bridgehead atoms. The van der Waals surface area contributed by atoms with Crippen LogP contribution in [0.25, 0.3) is 11.1 Å². The van der Waals surface area contributed by atoms with Gasteiger partial charge in [0.05, 0.1) is 11.8 Å². The molecule has 2 atom stereocenters. The molecule has 0 unspecified atom stereocenters. The number of H-pyrrole nitrogens is 1. The number of aromatic amines is 1. The van der Waals surface area contributed by atoms with Gasteiger partial charge in [0.25, 0.3) is 5.91 Å². The van der Waals surface area contributed by atoms with Gasteiger partial charge in [-0.15, -0.1) is 23.2 Å². The first-order valence-electron chi connectivity index (χ1n) is 10.8. The number of pyridine rings is 1. The highest BCUT2D eigenvalue weighted by atomic mass is 35.5. The number of nitrogens with one attached hydrogen (secondary N) is 3. The number of aryl methyl sites for hydroxylation is 2. The third-order valence-corrected chi connectivity index (χ3v) is 5.71. The molecule has 0 spiro atoms. The van der Waals surface area contributed by atoms with Gasteiger partial charge in [-0.25, -0.2) is 4.98 Å². The number of halogens is 3. The molecular formula is C22H25Cl2FN6O4. The number of nitrogens with zero attached hydrogens (tertiary/aromatic N) is 3. The number of anilines is 1. The van der Waals surface area contributed by atoms with Gasteiger partial charge in [-0.2, -0.15) is 9.49 Å². The second-order valence-electron chi connectivity index (χ2n) is 7.97. The first-order chi connectivity index (χ1) is 16.6. The number of amides is 2. The first kappa shape index (κ1) is 26.6. The molecule has 3 heterocycles. The Morgan fingerprint density at radius 3 is 2.60 bits per heavy atom. The summed E-state index contributed by atoms with van der Waals surface area (Å²) in [5, 5.41) is 25.4. The van der Waals surface area contributed by atoms with Gasteiger partial charge in [0.2, 0.25) is 11.9 Å². The monoisotopic (exact) mass is 526 g/mol. The van der Waals surface area contributed by atoms with Crippen molar-refractivity contribution in [2.24, 2.45) is 0 Å². The van der Waals surface area contributed by atoms with Crippen LogP contribution in [0.1, 0.15) is 59.7 Å². The van der Waals surface area contributed by atoms with E-state index >= 15 is 0 Å². The van der Waals surface area contributed by atoms with Crippen LogP contribution in [0.3, 0.4) is 0 Å². The highest BCUT2D eigenvalue weighted by Gasteiger charge is 2.26. The van der Waals surface area contributed by atoms with Gasteiger partial charge in [0, 0.05) is 16.8 Å². The van der Waals surface area contributed by atoms with Crippen molar-refractivity contribution in [3.05, 3.63) is 47.0 Å². The number of hydrogen-bond acceptors (Lipinski definition) is 7. The second kappa shape index (κ2) is 11.6. The van der Waals surface area contributed by atoms with Crippen LogP contribution in [0.2, 0.25) is 0 Å². The molecule has 13 heteroatoms. The lowest BCUT2D eigenvalue weighted by Crippen LogP contribution is -2.44. The van der Waals surface area contributed by atoms with Crippen LogP contribution in [-0.4, -0.2) is 48.1 Å². The quantitative estimate of drug-likeness (QED) is 0.230. The molecular weight excluding hydrogens is 502 g/mol. The maximum atomic E-state index is 14.8. The van der Waals surface area contributed by atoms with Crippen molar-refractivity contribution in [2.45, 2.75) is 57.0 Å². The number of rotatable bonds is 10. The highest BCUT2D eigenvalue weighted by molar-refractivity contribution is 6.44. The average Bonchev–Trinajstić information content (AvgIpc) is 3.40. The van der Waals surface area contributed by atoms with Crippen molar-refractivity contribution in [2.75, 3.05) is 5.32 Å². The Labute approximate surface area is 210 Å². The van der Waals surface area contributed by atoms with Gasteiger partial charge in [-0.1, -0.05) is 5.16 Å². The molecule has 0 saturated carbocycles. The van der Waals surface area contributed by atoms with Gasteiger partial charge >= 0.3 is 0 Å². The van der Waals surface area contributed by atoms with Gasteiger partial charge in [-0.05, 0) is 52.2 Å². The summed E-state index contributed by atoms with van der Waals surface area (Å²) in [7, 11) is 0. The van der Waals surface area contributed by atoms with E-state index in [1.54, 1.807) is 13.8 Å². The van der Waals surface area contributed by atoms with Crippen molar-refractivity contribution >= 4 is 40.8 Å². The van der Waals surface area contributed by atoms with Crippen LogP contribution < -0.4 is 10.6 Å². The number of hydrogen-bond donors (Lipinski definition) is 4. The Kier molecular flexibility index (Phi) is 8.82. The Balaban J connectivity index is 1.77. The number of aliphatic hydroxyl groups excluding tert-OH is 1. The molecule has 10 nitrogen and oxygen atoms in total. The molecule has 35 heavy (non-hydrogen) atoms. The summed E-state index contributed by atoms with van der Waals surface area (Å²) in [5.41, 5.74) is 2.16. The van der Waals surface area contributed by atoms with Crippen LogP contribution in [-0.2, 0) is 4.79 Å². The van der Waals surface area contributed by atoms with Crippen LogP contribution in [0, 0.1) is 19.8 Å². The summed E-state index contributed by atoms with van der Waals surface area (Å²) in [5.74, 6) is -2.11. The zero-order valence-corrected chi connectivity index (χ0v) is 20.7. The van der Waals surface area contributed by atoms with Gasteiger partial charge in [-0.3, -0.25) is 14.7 Å². The van der Waals surface area contributed by atoms with Crippen LogP contribution in [0.5, 0.6) is 0 Å². The third-order valence-electron chi connectivity index (χ3n) is 5.27. The summed E-state index contributed by atoms with van der Waals surface area (Å²) >= 11 is 11.6. The largest absolute Gasteiger partial charge is 0.387 e. The van der Waals surface area contributed by atoms with E-state index in [-0.39, 0.29) is 29.1 Å². The normalized spacial score (nSPS) is 13.0. The lowest BCUT2D eigenvalue weighted by Gasteiger charge is -2.18. The fraction of sp³-hybridized carbons (Fsp3) is 0.409. The van der Waals surface area contributed by atoms with E-state index in [1.807, 2.05) is 0 Å². The van der Waals surface area contributed by atoms with Crippen molar-refractivity contribution < 1.29 is 23.6 Å². The van der Waals surface area contributed by atoms with Gasteiger partial charge < -0.3 is 20.3 Å². The summed E-state index contributed by atoms with van der Waals surface area (Å²) in [4.78, 5) is 29.0. The molecule has 3 aromatic heterocycles. The molecule has 0 radical (unpaired) electrons. The zero-order chi connectivity index (χ0) is 25.7. The minimum Gasteiger partial charge on any atom is -0.387 e. The molecule has 0 saturated heterocycles. The highest BCUT2D eigenvalue weighted by Crippen LogP contribution is 2.28. The van der Waals surface area contributed by atoms with E-state index < -0.39 is 34.7 Å². The third kappa shape index (κ3) is 6.56. The molecule has 0 aromatic carbocycles. The predicted molar refractivity (Wildman–Crippen MR) is 128 cm³/mol. The summed E-state index contributed by atoms with van der Waals surface area (Å²) in [6.07, 6.45) is 1.03. The Morgan fingerprint density at radius 1 is 1.26 bits per heavy atom. The molecule has 3 rings (SSSR count). The van der Waals surface area contributed by atoms with Crippen molar-refractivity contribution in [1.82, 2.24) is 25.7 Å². The van der Waals surface area contributed by atoms with Crippen LogP contribution >= 0.6 is 23.2 Å². The topological polar surface area (TPSA) is 146 Å². The summed E-state index contributed by atoms with van der Waals surface area (Å²) in [6.45, 7) is 4.94.